The molecule has 0 aromatic heterocycles. The summed E-state index contributed by atoms with van der Waals surface area (Å²) in [5.74, 6) is -1.21. The van der Waals surface area contributed by atoms with E-state index >= 15 is 0 Å². The van der Waals surface area contributed by atoms with Crippen LogP contribution in [-0.4, -0.2) is 27.6 Å². The Hall–Kier alpha value is 0.0134. The van der Waals surface area contributed by atoms with Crippen LogP contribution in [-0.2, 0) is 24.3 Å². The Labute approximate surface area is 58.9 Å². The third kappa shape index (κ3) is 9.38. The SMILES string of the molecule is O=C(O)CC(O)O.[Zn]. The van der Waals surface area contributed by atoms with Crippen LogP contribution in [0.5, 0.6) is 0 Å². The van der Waals surface area contributed by atoms with Gasteiger partial charge in [-0.1, -0.05) is 0 Å². The van der Waals surface area contributed by atoms with Gasteiger partial charge in [0.2, 0.25) is 0 Å². The van der Waals surface area contributed by atoms with Crippen molar-refractivity contribution in [2.75, 3.05) is 0 Å². The Balaban J connectivity index is 0. The molecule has 0 amide bonds. The summed E-state index contributed by atoms with van der Waals surface area (Å²) in [7, 11) is 0. The molecule has 0 saturated carbocycles. The van der Waals surface area contributed by atoms with Gasteiger partial charge in [-0.15, -0.1) is 0 Å². The monoisotopic (exact) mass is 170 g/mol. The average molecular weight is 171 g/mol. The molecule has 5 heteroatoms. The summed E-state index contributed by atoms with van der Waals surface area (Å²) < 4.78 is 0. The number of hydrogen-bond donors (Lipinski definition) is 3. The molecule has 0 atom stereocenters. The largest absolute Gasteiger partial charge is 0.481 e. The van der Waals surface area contributed by atoms with E-state index in [1.165, 1.54) is 0 Å². The molecular formula is C3H6O4Zn. The van der Waals surface area contributed by atoms with Crippen molar-refractivity contribution in [3.8, 4) is 0 Å². The van der Waals surface area contributed by atoms with Crippen LogP contribution in [0.3, 0.4) is 0 Å². The van der Waals surface area contributed by atoms with Crippen molar-refractivity contribution >= 4 is 5.97 Å². The first-order valence-corrected chi connectivity index (χ1v) is 1.71. The minimum absolute atomic E-state index is 0. The number of carbonyl (C=O) groups is 1. The molecule has 0 aromatic rings. The van der Waals surface area contributed by atoms with Crippen molar-refractivity contribution < 1.29 is 39.6 Å². The number of carboxylic acids is 1. The van der Waals surface area contributed by atoms with Gasteiger partial charge in [-0.3, -0.25) is 4.79 Å². The summed E-state index contributed by atoms with van der Waals surface area (Å²) in [5.41, 5.74) is 0. The Morgan fingerprint density at radius 3 is 1.88 bits per heavy atom. The summed E-state index contributed by atoms with van der Waals surface area (Å²) in [4.78, 5) is 9.49. The van der Waals surface area contributed by atoms with Crippen molar-refractivity contribution in [3.63, 3.8) is 0 Å². The van der Waals surface area contributed by atoms with E-state index in [0.717, 1.165) is 0 Å². The van der Waals surface area contributed by atoms with E-state index in [9.17, 15) is 4.79 Å². The van der Waals surface area contributed by atoms with Gasteiger partial charge in [0.25, 0.3) is 0 Å². The molecule has 0 aliphatic carbocycles. The van der Waals surface area contributed by atoms with Crippen LogP contribution < -0.4 is 0 Å². The van der Waals surface area contributed by atoms with E-state index in [1.54, 1.807) is 0 Å². The van der Waals surface area contributed by atoms with Crippen LogP contribution in [0.25, 0.3) is 0 Å². The summed E-state index contributed by atoms with van der Waals surface area (Å²) in [6.07, 6.45) is -2.34. The summed E-state index contributed by atoms with van der Waals surface area (Å²) in [5, 5.41) is 23.6. The molecule has 4 nitrogen and oxygen atoms in total. The molecule has 3 N–H and O–H groups in total. The fourth-order valence-corrected chi connectivity index (χ4v) is 0.156. The molecule has 0 heterocycles. The second-order valence-electron chi connectivity index (χ2n) is 1.08. The van der Waals surface area contributed by atoms with Crippen LogP contribution >= 0.6 is 0 Å². The Morgan fingerprint density at radius 1 is 1.50 bits per heavy atom. The second-order valence-corrected chi connectivity index (χ2v) is 1.08. The van der Waals surface area contributed by atoms with Gasteiger partial charge < -0.3 is 15.3 Å². The first-order valence-electron chi connectivity index (χ1n) is 1.71. The average Bonchev–Trinajstić information content (AvgIpc) is 1.27. The Morgan fingerprint density at radius 2 is 1.88 bits per heavy atom. The zero-order valence-corrected chi connectivity index (χ0v) is 7.21. The number of aliphatic hydroxyl groups excluding tert-OH is 1. The summed E-state index contributed by atoms with van der Waals surface area (Å²) in [6, 6.07) is 0. The van der Waals surface area contributed by atoms with Gasteiger partial charge in [-0.2, -0.15) is 0 Å². The molecule has 44 valence electrons. The molecule has 0 saturated heterocycles. The molecule has 0 unspecified atom stereocenters. The minimum atomic E-state index is -1.72. The fraction of sp³-hybridized carbons (Fsp3) is 0.667. The maximum atomic E-state index is 9.49. The topological polar surface area (TPSA) is 77.8 Å². The van der Waals surface area contributed by atoms with Crippen LogP contribution in [0.2, 0.25) is 0 Å². The van der Waals surface area contributed by atoms with E-state index in [-0.39, 0.29) is 19.5 Å². The first kappa shape index (κ1) is 10.9. The number of aliphatic carboxylic acids is 1. The molecular weight excluding hydrogens is 165 g/mol. The Kier molecular flexibility index (Phi) is 7.03. The summed E-state index contributed by atoms with van der Waals surface area (Å²) >= 11 is 0. The van der Waals surface area contributed by atoms with Crippen molar-refractivity contribution in [1.82, 2.24) is 0 Å². The zero-order valence-electron chi connectivity index (χ0n) is 4.24. The molecule has 0 aliphatic heterocycles. The van der Waals surface area contributed by atoms with Gasteiger partial charge in [0.15, 0.2) is 6.29 Å². The predicted octanol–water partition coefficient (Wildman–Crippen LogP) is -1.23. The quantitative estimate of drug-likeness (QED) is 0.359. The van der Waals surface area contributed by atoms with Crippen molar-refractivity contribution in [2.24, 2.45) is 0 Å². The first-order chi connectivity index (χ1) is 3.13. The van der Waals surface area contributed by atoms with Gasteiger partial charge in [-0.25, -0.2) is 0 Å². The van der Waals surface area contributed by atoms with Crippen molar-refractivity contribution in [3.05, 3.63) is 0 Å². The number of aliphatic hydroxyl groups is 2. The number of carboxylic acid groups (broad SMARTS) is 1. The molecule has 0 rings (SSSR count). The van der Waals surface area contributed by atoms with Crippen molar-refractivity contribution in [2.45, 2.75) is 12.7 Å². The normalized spacial score (nSPS) is 8.38. The van der Waals surface area contributed by atoms with Gasteiger partial charge in [0.1, 0.15) is 0 Å². The van der Waals surface area contributed by atoms with E-state index in [2.05, 4.69) is 0 Å². The standard InChI is InChI=1S/C3H6O4.Zn/c4-2(5)1-3(6)7;/h2,4-5H,1H2,(H,6,7);. The van der Waals surface area contributed by atoms with Crippen LogP contribution in [0.15, 0.2) is 0 Å². The van der Waals surface area contributed by atoms with Gasteiger partial charge in [0, 0.05) is 19.5 Å². The van der Waals surface area contributed by atoms with E-state index in [4.69, 9.17) is 15.3 Å². The van der Waals surface area contributed by atoms with Crippen LogP contribution in [0, 0.1) is 0 Å². The van der Waals surface area contributed by atoms with Crippen molar-refractivity contribution in [1.29, 1.82) is 0 Å². The maximum Gasteiger partial charge on any atom is 0.308 e. The molecule has 0 aliphatic rings. The minimum Gasteiger partial charge on any atom is -0.481 e. The summed E-state index contributed by atoms with van der Waals surface area (Å²) in [6.45, 7) is 0. The fourth-order valence-electron chi connectivity index (χ4n) is 0.156. The van der Waals surface area contributed by atoms with Gasteiger partial charge in [0.05, 0.1) is 6.42 Å². The van der Waals surface area contributed by atoms with E-state index in [0.29, 0.717) is 0 Å². The zero-order chi connectivity index (χ0) is 5.86. The van der Waals surface area contributed by atoms with Crippen LogP contribution in [0.1, 0.15) is 6.42 Å². The molecule has 0 aromatic carbocycles. The number of hydrogen-bond acceptors (Lipinski definition) is 3. The van der Waals surface area contributed by atoms with Gasteiger partial charge in [-0.05, 0) is 0 Å². The molecule has 8 heavy (non-hydrogen) atoms. The molecule has 0 bridgehead atoms. The number of rotatable bonds is 2. The second kappa shape index (κ2) is 5.16. The maximum absolute atomic E-state index is 9.49. The Bertz CT molecular complexity index is 71.7. The smallest absolute Gasteiger partial charge is 0.308 e. The third-order valence-corrected chi connectivity index (χ3v) is 0.357. The van der Waals surface area contributed by atoms with E-state index in [1.807, 2.05) is 0 Å². The van der Waals surface area contributed by atoms with Gasteiger partial charge >= 0.3 is 5.97 Å². The predicted molar refractivity (Wildman–Crippen MR) is 20.5 cm³/mol. The molecule has 0 fully saturated rings. The third-order valence-electron chi connectivity index (χ3n) is 0.357. The van der Waals surface area contributed by atoms with Crippen LogP contribution in [0.4, 0.5) is 0 Å². The molecule has 0 radical (unpaired) electrons. The van der Waals surface area contributed by atoms with E-state index < -0.39 is 18.7 Å². The molecule has 0 spiro atoms.